The van der Waals surface area contributed by atoms with Crippen molar-refractivity contribution in [1.29, 1.82) is 0 Å². The summed E-state index contributed by atoms with van der Waals surface area (Å²) in [4.78, 5) is 0. The van der Waals surface area contributed by atoms with Gasteiger partial charge in [0.25, 0.3) is 0 Å². The number of ether oxygens (including phenoxy) is 1. The standard InChI is InChI=1S/C11H14Cl2FNO/c1-16-7-9(12)6-15-5-8-2-3-10(13)11(14)4-8/h2-4,9,15H,5-7H2,1H3. The first-order chi connectivity index (χ1) is 7.63. The third-order valence-electron chi connectivity index (χ3n) is 2.03. The van der Waals surface area contributed by atoms with Crippen LogP contribution in [0.3, 0.4) is 0 Å². The van der Waals surface area contributed by atoms with Crippen LogP contribution in [0, 0.1) is 5.82 Å². The third kappa shape index (κ3) is 4.66. The Morgan fingerprint density at radius 1 is 1.50 bits per heavy atom. The van der Waals surface area contributed by atoms with Crippen molar-refractivity contribution in [1.82, 2.24) is 5.32 Å². The minimum atomic E-state index is -0.403. The SMILES string of the molecule is COCC(Cl)CNCc1ccc(Cl)c(F)c1. The molecule has 2 nitrogen and oxygen atoms in total. The molecule has 1 atom stereocenters. The number of rotatable bonds is 6. The lowest BCUT2D eigenvalue weighted by molar-refractivity contribution is 0.197. The Hall–Kier alpha value is -0.350. The summed E-state index contributed by atoms with van der Waals surface area (Å²) in [5.74, 6) is -0.403. The molecule has 90 valence electrons. The molecule has 1 N–H and O–H groups in total. The van der Waals surface area contributed by atoms with Gasteiger partial charge in [-0.3, -0.25) is 0 Å². The fraction of sp³-hybridized carbons (Fsp3) is 0.455. The normalized spacial score (nSPS) is 12.8. The molecule has 0 aliphatic heterocycles. The fourth-order valence-electron chi connectivity index (χ4n) is 1.26. The zero-order valence-corrected chi connectivity index (χ0v) is 10.5. The van der Waals surface area contributed by atoms with Crippen LogP contribution in [0.1, 0.15) is 5.56 Å². The smallest absolute Gasteiger partial charge is 0.142 e. The zero-order valence-electron chi connectivity index (χ0n) is 8.97. The van der Waals surface area contributed by atoms with Crippen LogP contribution < -0.4 is 5.32 Å². The molecule has 0 aromatic heterocycles. The predicted molar refractivity (Wildman–Crippen MR) is 64.6 cm³/mol. The lowest BCUT2D eigenvalue weighted by Crippen LogP contribution is -2.25. The monoisotopic (exact) mass is 265 g/mol. The van der Waals surface area contributed by atoms with Crippen LogP contribution in [-0.2, 0) is 11.3 Å². The van der Waals surface area contributed by atoms with Crippen molar-refractivity contribution < 1.29 is 9.13 Å². The van der Waals surface area contributed by atoms with E-state index in [0.717, 1.165) is 5.56 Å². The Morgan fingerprint density at radius 2 is 2.25 bits per heavy atom. The van der Waals surface area contributed by atoms with Crippen molar-refractivity contribution in [3.05, 3.63) is 34.6 Å². The molecule has 1 aromatic carbocycles. The quantitative estimate of drug-likeness (QED) is 0.799. The van der Waals surface area contributed by atoms with Crippen LogP contribution in [0.15, 0.2) is 18.2 Å². The number of hydrogen-bond donors (Lipinski definition) is 1. The average Bonchev–Trinajstić information content (AvgIpc) is 2.24. The van der Waals surface area contributed by atoms with Gasteiger partial charge in [0, 0.05) is 20.2 Å². The first-order valence-electron chi connectivity index (χ1n) is 4.91. The Labute approximate surface area is 105 Å². The summed E-state index contributed by atoms with van der Waals surface area (Å²) in [6.07, 6.45) is 0. The van der Waals surface area contributed by atoms with Gasteiger partial charge in [0.2, 0.25) is 0 Å². The fourth-order valence-corrected chi connectivity index (χ4v) is 1.62. The highest BCUT2D eigenvalue weighted by Gasteiger charge is 2.04. The summed E-state index contributed by atoms with van der Waals surface area (Å²) in [7, 11) is 1.60. The molecule has 0 saturated carbocycles. The Kier molecular flexibility index (Phi) is 6.06. The van der Waals surface area contributed by atoms with Gasteiger partial charge in [-0.15, -0.1) is 11.6 Å². The second-order valence-electron chi connectivity index (χ2n) is 3.43. The molecule has 5 heteroatoms. The van der Waals surface area contributed by atoms with E-state index in [1.54, 1.807) is 19.2 Å². The molecule has 1 aromatic rings. The van der Waals surface area contributed by atoms with Gasteiger partial charge in [-0.05, 0) is 17.7 Å². The second kappa shape index (κ2) is 7.07. The molecular formula is C11H14Cl2FNO. The number of halogens is 3. The van der Waals surface area contributed by atoms with Crippen molar-refractivity contribution in [2.45, 2.75) is 11.9 Å². The van der Waals surface area contributed by atoms with Crippen molar-refractivity contribution in [2.75, 3.05) is 20.3 Å². The van der Waals surface area contributed by atoms with Gasteiger partial charge >= 0.3 is 0 Å². The molecule has 0 fully saturated rings. The van der Waals surface area contributed by atoms with E-state index in [1.165, 1.54) is 6.07 Å². The van der Waals surface area contributed by atoms with Crippen molar-refractivity contribution >= 4 is 23.2 Å². The molecule has 0 heterocycles. The summed E-state index contributed by atoms with van der Waals surface area (Å²) in [5.41, 5.74) is 0.836. The van der Waals surface area contributed by atoms with Crippen LogP contribution in [0.4, 0.5) is 4.39 Å². The van der Waals surface area contributed by atoms with Crippen molar-refractivity contribution in [2.24, 2.45) is 0 Å². The van der Waals surface area contributed by atoms with E-state index in [2.05, 4.69) is 5.32 Å². The van der Waals surface area contributed by atoms with Gasteiger partial charge in [-0.25, -0.2) is 4.39 Å². The molecule has 0 aliphatic rings. The first kappa shape index (κ1) is 13.7. The van der Waals surface area contributed by atoms with Crippen molar-refractivity contribution in [3.8, 4) is 0 Å². The van der Waals surface area contributed by atoms with Gasteiger partial charge in [0.05, 0.1) is 17.0 Å². The van der Waals surface area contributed by atoms with E-state index in [4.69, 9.17) is 27.9 Å². The Bertz CT molecular complexity index is 336. The molecule has 0 saturated heterocycles. The summed E-state index contributed by atoms with van der Waals surface area (Å²) in [6.45, 7) is 1.66. The maximum Gasteiger partial charge on any atom is 0.142 e. The minimum absolute atomic E-state index is 0.0813. The lowest BCUT2D eigenvalue weighted by Gasteiger charge is -2.09. The molecule has 1 unspecified atom stereocenters. The minimum Gasteiger partial charge on any atom is -0.383 e. The first-order valence-corrected chi connectivity index (χ1v) is 5.72. The van der Waals surface area contributed by atoms with Crippen LogP contribution >= 0.6 is 23.2 Å². The molecule has 16 heavy (non-hydrogen) atoms. The van der Waals surface area contributed by atoms with E-state index >= 15 is 0 Å². The second-order valence-corrected chi connectivity index (χ2v) is 4.46. The molecular weight excluding hydrogens is 252 g/mol. The highest BCUT2D eigenvalue weighted by atomic mass is 35.5. The molecule has 0 spiro atoms. The van der Waals surface area contributed by atoms with Crippen molar-refractivity contribution in [3.63, 3.8) is 0 Å². The average molecular weight is 266 g/mol. The van der Waals surface area contributed by atoms with Crippen LogP contribution in [0.5, 0.6) is 0 Å². The maximum atomic E-state index is 13.1. The molecule has 0 amide bonds. The third-order valence-corrected chi connectivity index (χ3v) is 2.61. The van der Waals surface area contributed by atoms with Gasteiger partial charge in [0.15, 0.2) is 0 Å². The Balaban J connectivity index is 2.34. The lowest BCUT2D eigenvalue weighted by atomic mass is 10.2. The van der Waals surface area contributed by atoms with E-state index in [-0.39, 0.29) is 10.4 Å². The van der Waals surface area contributed by atoms with Gasteiger partial charge in [-0.1, -0.05) is 17.7 Å². The van der Waals surface area contributed by atoms with Gasteiger partial charge < -0.3 is 10.1 Å². The number of hydrogen-bond acceptors (Lipinski definition) is 2. The maximum absolute atomic E-state index is 13.1. The number of benzene rings is 1. The topological polar surface area (TPSA) is 21.3 Å². The predicted octanol–water partition coefficient (Wildman–Crippen LogP) is 2.82. The summed E-state index contributed by atoms with van der Waals surface area (Å²) >= 11 is 11.5. The number of nitrogens with one attached hydrogen (secondary N) is 1. The van der Waals surface area contributed by atoms with Gasteiger partial charge in [0.1, 0.15) is 5.82 Å². The Morgan fingerprint density at radius 3 is 2.88 bits per heavy atom. The van der Waals surface area contributed by atoms with E-state index in [9.17, 15) is 4.39 Å². The highest BCUT2D eigenvalue weighted by molar-refractivity contribution is 6.30. The highest BCUT2D eigenvalue weighted by Crippen LogP contribution is 2.15. The zero-order chi connectivity index (χ0) is 12.0. The van der Waals surface area contributed by atoms with Crippen LogP contribution in [-0.4, -0.2) is 25.6 Å². The van der Waals surface area contributed by atoms with E-state index in [0.29, 0.717) is 19.7 Å². The molecule has 1 rings (SSSR count). The number of alkyl halides is 1. The van der Waals surface area contributed by atoms with E-state index < -0.39 is 5.82 Å². The van der Waals surface area contributed by atoms with Crippen LogP contribution in [0.2, 0.25) is 5.02 Å². The largest absolute Gasteiger partial charge is 0.383 e. The summed E-state index contributed by atoms with van der Waals surface area (Å²) in [6, 6.07) is 4.73. The summed E-state index contributed by atoms with van der Waals surface area (Å²) < 4.78 is 18.0. The number of methoxy groups -OCH3 is 1. The van der Waals surface area contributed by atoms with Gasteiger partial charge in [-0.2, -0.15) is 0 Å². The molecule has 0 aliphatic carbocycles. The summed E-state index contributed by atoms with van der Waals surface area (Å²) in [5, 5.41) is 3.17. The van der Waals surface area contributed by atoms with Crippen LogP contribution in [0.25, 0.3) is 0 Å². The molecule has 0 radical (unpaired) electrons. The van der Waals surface area contributed by atoms with E-state index in [1.807, 2.05) is 0 Å². The molecule has 0 bridgehead atoms.